The molecule has 0 aromatic rings. The highest BCUT2D eigenvalue weighted by molar-refractivity contribution is 8.16. The van der Waals surface area contributed by atoms with Crippen molar-refractivity contribution in [3.05, 3.63) is 0 Å². The summed E-state index contributed by atoms with van der Waals surface area (Å²) >= 11 is 1.22. The Morgan fingerprint density at radius 3 is 2.36 bits per heavy atom. The minimum absolute atomic E-state index is 0.0200. The number of carbonyl (C=O) groups excluding carboxylic acids is 3. The lowest BCUT2D eigenvalue weighted by atomic mass is 9.92. The predicted octanol–water partition coefficient (Wildman–Crippen LogP) is 3.32. The molecule has 0 aromatic heterocycles. The van der Waals surface area contributed by atoms with Crippen molar-refractivity contribution in [1.82, 2.24) is 14.7 Å². The predicted molar refractivity (Wildman–Crippen MR) is 109 cm³/mol. The summed E-state index contributed by atoms with van der Waals surface area (Å²) in [6.45, 7) is 12.3. The van der Waals surface area contributed by atoms with Crippen LogP contribution in [0.25, 0.3) is 0 Å². The molecule has 1 atom stereocenters. The van der Waals surface area contributed by atoms with Crippen LogP contribution in [0.5, 0.6) is 0 Å². The van der Waals surface area contributed by atoms with E-state index >= 15 is 0 Å². The Hall–Kier alpha value is -1.28. The molecule has 7 nitrogen and oxygen atoms in total. The van der Waals surface area contributed by atoms with Gasteiger partial charge in [0, 0.05) is 31.7 Å². The van der Waals surface area contributed by atoms with Crippen molar-refractivity contribution in [2.45, 2.75) is 82.7 Å². The number of nitrogens with zero attached hydrogens (tertiary/aromatic N) is 3. The van der Waals surface area contributed by atoms with Crippen molar-refractivity contribution < 1.29 is 19.1 Å². The lowest BCUT2D eigenvalue weighted by molar-refractivity contribution is -0.132. The third-order valence-corrected chi connectivity index (χ3v) is 6.99. The molecule has 0 saturated carbocycles. The first-order valence-corrected chi connectivity index (χ1v) is 11.1. The van der Waals surface area contributed by atoms with Crippen molar-refractivity contribution in [2.24, 2.45) is 0 Å². The van der Waals surface area contributed by atoms with E-state index < -0.39 is 10.3 Å². The van der Waals surface area contributed by atoms with Crippen LogP contribution >= 0.6 is 11.8 Å². The molecule has 3 amide bonds. The van der Waals surface area contributed by atoms with Crippen LogP contribution in [-0.4, -0.2) is 80.6 Å². The Morgan fingerprint density at radius 1 is 1.18 bits per heavy atom. The summed E-state index contributed by atoms with van der Waals surface area (Å²) < 4.78 is 4.85. The molecule has 3 aliphatic rings. The number of rotatable bonds is 2. The van der Waals surface area contributed by atoms with Gasteiger partial charge in [-0.25, -0.2) is 4.79 Å². The van der Waals surface area contributed by atoms with E-state index in [0.29, 0.717) is 25.7 Å². The third kappa shape index (κ3) is 4.32. The SMILES string of the molecule is CC(C)N1C(=O)SC2(CCCN(C3CCN(C(=O)OC(C)(C)C)CC3)C2)C1=O. The summed E-state index contributed by atoms with van der Waals surface area (Å²) in [6.07, 6.45) is 3.18. The molecule has 1 unspecified atom stereocenters. The summed E-state index contributed by atoms with van der Waals surface area (Å²) in [5, 5.41) is -0.110. The summed E-state index contributed by atoms with van der Waals surface area (Å²) in [5.41, 5.74) is -0.484. The van der Waals surface area contributed by atoms with Gasteiger partial charge in [-0.1, -0.05) is 0 Å². The van der Waals surface area contributed by atoms with Gasteiger partial charge in [-0.2, -0.15) is 0 Å². The van der Waals surface area contributed by atoms with Crippen molar-refractivity contribution in [2.75, 3.05) is 26.2 Å². The number of likely N-dealkylation sites (tertiary alicyclic amines) is 2. The standard InChI is InChI=1S/C20H33N3O4S/c1-14(2)23-16(24)20(28-18(23)26)9-6-10-22(13-20)15-7-11-21(12-8-15)17(25)27-19(3,4)5/h14-15H,6-13H2,1-5H3. The molecule has 3 heterocycles. The van der Waals surface area contributed by atoms with Crippen LogP contribution in [0.15, 0.2) is 0 Å². The van der Waals surface area contributed by atoms with Crippen LogP contribution in [0.4, 0.5) is 9.59 Å². The first-order chi connectivity index (χ1) is 13.0. The van der Waals surface area contributed by atoms with Crippen LogP contribution in [0.3, 0.4) is 0 Å². The van der Waals surface area contributed by atoms with Crippen molar-refractivity contribution in [3.8, 4) is 0 Å². The van der Waals surface area contributed by atoms with E-state index in [0.717, 1.165) is 32.2 Å². The Morgan fingerprint density at radius 2 is 1.82 bits per heavy atom. The largest absolute Gasteiger partial charge is 0.444 e. The van der Waals surface area contributed by atoms with Crippen LogP contribution < -0.4 is 0 Å². The number of carbonyl (C=O) groups is 3. The van der Waals surface area contributed by atoms with E-state index in [2.05, 4.69) is 4.90 Å². The van der Waals surface area contributed by atoms with Gasteiger partial charge in [-0.05, 0) is 78.6 Å². The second kappa shape index (κ2) is 7.86. The molecule has 3 rings (SSSR count). The molecule has 158 valence electrons. The second-order valence-electron chi connectivity index (χ2n) is 9.40. The average Bonchev–Trinajstić information content (AvgIpc) is 2.83. The monoisotopic (exact) mass is 411 g/mol. The van der Waals surface area contributed by atoms with E-state index in [-0.39, 0.29) is 23.3 Å². The molecule has 3 fully saturated rings. The Kier molecular flexibility index (Phi) is 6.01. The van der Waals surface area contributed by atoms with E-state index in [4.69, 9.17) is 4.74 Å². The zero-order valence-electron chi connectivity index (χ0n) is 17.7. The number of amides is 3. The van der Waals surface area contributed by atoms with Crippen LogP contribution in [0.2, 0.25) is 0 Å². The zero-order chi connectivity index (χ0) is 20.7. The molecule has 0 aromatic carbocycles. The van der Waals surface area contributed by atoms with Crippen molar-refractivity contribution in [1.29, 1.82) is 0 Å². The first-order valence-electron chi connectivity index (χ1n) is 10.3. The van der Waals surface area contributed by atoms with E-state index in [9.17, 15) is 14.4 Å². The quantitative estimate of drug-likeness (QED) is 0.694. The van der Waals surface area contributed by atoms with Gasteiger partial charge in [0.15, 0.2) is 0 Å². The fraction of sp³-hybridized carbons (Fsp3) is 0.850. The fourth-order valence-corrected chi connectivity index (χ4v) is 5.76. The van der Waals surface area contributed by atoms with E-state index in [1.165, 1.54) is 16.7 Å². The first kappa shape index (κ1) is 21.4. The average molecular weight is 412 g/mol. The molecule has 0 radical (unpaired) electrons. The molecule has 8 heteroatoms. The van der Waals surface area contributed by atoms with Gasteiger partial charge < -0.3 is 9.64 Å². The third-order valence-electron chi connectivity index (χ3n) is 5.72. The van der Waals surface area contributed by atoms with Gasteiger partial charge in [0.1, 0.15) is 10.3 Å². The number of imide groups is 1. The van der Waals surface area contributed by atoms with Crippen molar-refractivity contribution >= 4 is 29.0 Å². The molecule has 1 spiro atoms. The maximum Gasteiger partial charge on any atom is 0.410 e. The highest BCUT2D eigenvalue weighted by Gasteiger charge is 2.55. The smallest absolute Gasteiger partial charge is 0.410 e. The lowest BCUT2D eigenvalue weighted by Gasteiger charge is -2.44. The number of piperidine rings is 2. The Labute approximate surface area is 172 Å². The van der Waals surface area contributed by atoms with Crippen LogP contribution in [-0.2, 0) is 9.53 Å². The molecule has 0 bridgehead atoms. The molecule has 3 aliphatic heterocycles. The van der Waals surface area contributed by atoms with E-state index in [1.54, 1.807) is 4.90 Å². The maximum absolute atomic E-state index is 13.0. The van der Waals surface area contributed by atoms with Gasteiger partial charge in [-0.3, -0.25) is 19.4 Å². The number of ether oxygens (including phenoxy) is 1. The van der Waals surface area contributed by atoms with Crippen LogP contribution in [0.1, 0.15) is 60.3 Å². The minimum atomic E-state index is -0.623. The Bertz CT molecular complexity index is 640. The lowest BCUT2D eigenvalue weighted by Crippen LogP contribution is -2.57. The topological polar surface area (TPSA) is 70.2 Å². The Balaban J connectivity index is 1.60. The van der Waals surface area contributed by atoms with Gasteiger partial charge in [0.2, 0.25) is 5.91 Å². The number of hydrogen-bond donors (Lipinski definition) is 0. The van der Waals surface area contributed by atoms with Gasteiger partial charge in [-0.15, -0.1) is 0 Å². The highest BCUT2D eigenvalue weighted by atomic mass is 32.2. The van der Waals surface area contributed by atoms with Gasteiger partial charge in [0.25, 0.3) is 5.24 Å². The molecular weight excluding hydrogens is 378 g/mol. The molecule has 0 N–H and O–H groups in total. The zero-order valence-corrected chi connectivity index (χ0v) is 18.5. The van der Waals surface area contributed by atoms with Gasteiger partial charge >= 0.3 is 6.09 Å². The maximum atomic E-state index is 13.0. The molecule has 28 heavy (non-hydrogen) atoms. The minimum Gasteiger partial charge on any atom is -0.444 e. The summed E-state index contributed by atoms with van der Waals surface area (Å²) in [4.78, 5) is 43.3. The molecular formula is C20H33N3O4S. The summed E-state index contributed by atoms with van der Waals surface area (Å²) in [6, 6.07) is 0.242. The second-order valence-corrected chi connectivity index (χ2v) is 10.7. The highest BCUT2D eigenvalue weighted by Crippen LogP contribution is 2.45. The van der Waals surface area contributed by atoms with Crippen LogP contribution in [0, 0.1) is 0 Å². The number of hydrogen-bond acceptors (Lipinski definition) is 6. The van der Waals surface area contributed by atoms with Gasteiger partial charge in [0.05, 0.1) is 0 Å². The number of thioether (sulfide) groups is 1. The molecule has 3 saturated heterocycles. The van der Waals surface area contributed by atoms with E-state index in [1.807, 2.05) is 34.6 Å². The summed E-state index contributed by atoms with van der Waals surface area (Å²) in [5.74, 6) is -0.0200. The van der Waals surface area contributed by atoms with Crippen molar-refractivity contribution in [3.63, 3.8) is 0 Å². The fourth-order valence-electron chi connectivity index (χ4n) is 4.37. The summed E-state index contributed by atoms with van der Waals surface area (Å²) in [7, 11) is 0. The normalized spacial score (nSPS) is 27.9. The molecule has 0 aliphatic carbocycles.